The number of pyridine rings is 1. The van der Waals surface area contributed by atoms with Gasteiger partial charge in [-0.3, -0.25) is 9.69 Å². The number of amides is 1. The van der Waals surface area contributed by atoms with Gasteiger partial charge >= 0.3 is 0 Å². The van der Waals surface area contributed by atoms with Crippen LogP contribution in [0.4, 0.5) is 0 Å². The van der Waals surface area contributed by atoms with Crippen LogP contribution in [0.2, 0.25) is 0 Å². The first-order chi connectivity index (χ1) is 13.2. The van der Waals surface area contributed by atoms with Crippen LogP contribution in [0, 0.1) is 5.21 Å². The molecule has 1 aromatic carbocycles. The molecule has 0 saturated carbocycles. The smallest absolute Gasteiger partial charge is 0.257 e. The molecular formula is C21H21N3O2S. The summed E-state index contributed by atoms with van der Waals surface area (Å²) in [5, 5.41) is 16.6. The monoisotopic (exact) mass is 379 g/mol. The van der Waals surface area contributed by atoms with Crippen LogP contribution in [0.1, 0.15) is 32.4 Å². The van der Waals surface area contributed by atoms with E-state index in [2.05, 4.69) is 33.8 Å². The van der Waals surface area contributed by atoms with E-state index >= 15 is 0 Å². The summed E-state index contributed by atoms with van der Waals surface area (Å²) in [6, 6.07) is 15.8. The van der Waals surface area contributed by atoms with E-state index in [1.165, 1.54) is 28.4 Å². The molecule has 1 aliphatic rings. The molecule has 4 rings (SSSR count). The summed E-state index contributed by atoms with van der Waals surface area (Å²) < 4.78 is 0.645. The van der Waals surface area contributed by atoms with E-state index in [1.807, 2.05) is 29.5 Å². The van der Waals surface area contributed by atoms with Gasteiger partial charge in [0.25, 0.3) is 5.91 Å². The molecule has 1 aliphatic heterocycles. The predicted molar refractivity (Wildman–Crippen MR) is 105 cm³/mol. The number of hydrogen-bond donors (Lipinski definition) is 1. The molecule has 0 spiro atoms. The summed E-state index contributed by atoms with van der Waals surface area (Å²) in [4.78, 5) is 16.4. The van der Waals surface area contributed by atoms with Crippen molar-refractivity contribution in [2.24, 2.45) is 0 Å². The van der Waals surface area contributed by atoms with Crippen molar-refractivity contribution in [1.82, 2.24) is 10.2 Å². The molecule has 0 saturated heterocycles. The fraction of sp³-hybridized carbons (Fsp3) is 0.238. The Morgan fingerprint density at radius 3 is 2.89 bits per heavy atom. The highest BCUT2D eigenvalue weighted by molar-refractivity contribution is 7.10. The number of carbonyl (C=O) groups excluding carboxylic acids is 1. The normalized spacial score (nSPS) is 15.1. The number of rotatable bonds is 5. The molecule has 0 bridgehead atoms. The zero-order chi connectivity index (χ0) is 18.6. The average Bonchev–Trinajstić information content (AvgIpc) is 3.17. The lowest BCUT2D eigenvalue weighted by atomic mass is 10.0. The average molecular weight is 379 g/mol. The maximum atomic E-state index is 12.5. The number of thiophene rings is 1. The number of nitrogens with one attached hydrogen (secondary N) is 1. The predicted octanol–water partition coefficient (Wildman–Crippen LogP) is 2.91. The first kappa shape index (κ1) is 17.7. The fourth-order valence-electron chi connectivity index (χ4n) is 3.55. The highest BCUT2D eigenvalue weighted by atomic mass is 32.1. The van der Waals surface area contributed by atoms with E-state index in [1.54, 1.807) is 12.1 Å². The highest BCUT2D eigenvalue weighted by Gasteiger charge is 2.26. The third-order valence-electron chi connectivity index (χ3n) is 4.96. The van der Waals surface area contributed by atoms with Crippen molar-refractivity contribution < 1.29 is 9.52 Å². The Hall–Kier alpha value is -2.70. The Kier molecular flexibility index (Phi) is 5.18. The molecule has 1 atom stereocenters. The van der Waals surface area contributed by atoms with E-state index in [0.29, 0.717) is 16.8 Å². The van der Waals surface area contributed by atoms with Crippen molar-refractivity contribution in [1.29, 1.82) is 0 Å². The van der Waals surface area contributed by atoms with Gasteiger partial charge in [0.15, 0.2) is 12.4 Å². The van der Waals surface area contributed by atoms with Crippen LogP contribution >= 0.6 is 11.3 Å². The highest BCUT2D eigenvalue weighted by Crippen LogP contribution is 2.30. The number of aromatic nitrogens is 1. The van der Waals surface area contributed by atoms with Crippen LogP contribution in [-0.2, 0) is 13.0 Å². The number of benzene rings is 1. The third-order valence-corrected chi connectivity index (χ3v) is 5.98. The Balaban J connectivity index is 1.52. The fourth-order valence-corrected chi connectivity index (χ4v) is 4.44. The number of carbonyl (C=O) groups is 1. The minimum absolute atomic E-state index is 0.0892. The van der Waals surface area contributed by atoms with E-state index in [9.17, 15) is 10.0 Å². The van der Waals surface area contributed by atoms with Gasteiger partial charge in [-0.05, 0) is 35.1 Å². The van der Waals surface area contributed by atoms with Gasteiger partial charge in [0.2, 0.25) is 0 Å². The van der Waals surface area contributed by atoms with Crippen LogP contribution < -0.4 is 10.0 Å². The maximum Gasteiger partial charge on any atom is 0.257 e. The molecule has 3 aromatic rings. The van der Waals surface area contributed by atoms with Crippen LogP contribution in [-0.4, -0.2) is 23.9 Å². The second kappa shape index (κ2) is 7.90. The Bertz CT molecular complexity index is 926. The minimum Gasteiger partial charge on any atom is -0.619 e. The number of nitrogens with zero attached hydrogens (tertiary/aromatic N) is 2. The molecule has 0 fully saturated rings. The number of fused-ring (bicyclic) bond motifs is 1. The van der Waals surface area contributed by atoms with Gasteiger partial charge in [0.05, 0.1) is 6.04 Å². The maximum absolute atomic E-state index is 12.5. The molecule has 1 N–H and O–H groups in total. The summed E-state index contributed by atoms with van der Waals surface area (Å²) >= 11 is 1.82. The van der Waals surface area contributed by atoms with Crippen LogP contribution in [0.5, 0.6) is 0 Å². The van der Waals surface area contributed by atoms with E-state index in [0.717, 1.165) is 19.5 Å². The van der Waals surface area contributed by atoms with Crippen molar-refractivity contribution >= 4 is 17.2 Å². The standard InChI is InChI=1S/C21H21N3O2S/c25-21(18-7-4-10-24(26)15-18)22-13-19(16-5-2-1-3-6-16)23-11-8-20-17(14-23)9-12-27-20/h1-7,9-10,12,15,19H,8,11,13-14H2,(H,22,25)/t19-/m1/s1. The molecular weight excluding hydrogens is 358 g/mol. The van der Waals surface area contributed by atoms with Crippen LogP contribution in [0.25, 0.3) is 0 Å². The van der Waals surface area contributed by atoms with Gasteiger partial charge in [0, 0.05) is 30.6 Å². The lowest BCUT2D eigenvalue weighted by molar-refractivity contribution is -0.605. The van der Waals surface area contributed by atoms with Crippen LogP contribution in [0.3, 0.4) is 0 Å². The van der Waals surface area contributed by atoms with E-state index in [-0.39, 0.29) is 11.9 Å². The van der Waals surface area contributed by atoms with Gasteiger partial charge in [-0.15, -0.1) is 11.3 Å². The topological polar surface area (TPSA) is 59.3 Å². The lowest BCUT2D eigenvalue weighted by Gasteiger charge is -2.35. The first-order valence-corrected chi connectivity index (χ1v) is 9.90. The van der Waals surface area contributed by atoms with Gasteiger partial charge in [-0.25, -0.2) is 0 Å². The van der Waals surface area contributed by atoms with Crippen LogP contribution in [0.15, 0.2) is 66.3 Å². The van der Waals surface area contributed by atoms with Crippen molar-refractivity contribution in [3.8, 4) is 0 Å². The number of hydrogen-bond acceptors (Lipinski definition) is 4. The zero-order valence-electron chi connectivity index (χ0n) is 14.9. The SMILES string of the molecule is O=C(NC[C@H](c1ccccc1)N1CCc2sccc2C1)c1ccc[n+]([O-])c1. The zero-order valence-corrected chi connectivity index (χ0v) is 15.7. The Morgan fingerprint density at radius 1 is 1.22 bits per heavy atom. The molecule has 2 aromatic heterocycles. The Morgan fingerprint density at radius 2 is 2.07 bits per heavy atom. The molecule has 3 heterocycles. The van der Waals surface area contributed by atoms with Gasteiger partial charge in [-0.2, -0.15) is 4.73 Å². The molecule has 27 heavy (non-hydrogen) atoms. The van der Waals surface area contributed by atoms with E-state index in [4.69, 9.17) is 0 Å². The van der Waals surface area contributed by atoms with Crippen molar-refractivity contribution in [3.63, 3.8) is 0 Å². The summed E-state index contributed by atoms with van der Waals surface area (Å²) in [5.41, 5.74) is 2.94. The molecule has 0 radical (unpaired) electrons. The molecule has 0 aliphatic carbocycles. The lowest BCUT2D eigenvalue weighted by Crippen LogP contribution is -2.40. The van der Waals surface area contributed by atoms with Crippen molar-refractivity contribution in [2.75, 3.05) is 13.1 Å². The molecule has 5 nitrogen and oxygen atoms in total. The van der Waals surface area contributed by atoms with E-state index < -0.39 is 0 Å². The molecule has 0 unspecified atom stereocenters. The van der Waals surface area contributed by atoms with Crippen molar-refractivity contribution in [3.05, 3.63) is 93.1 Å². The molecule has 1 amide bonds. The van der Waals surface area contributed by atoms with Gasteiger partial charge in [-0.1, -0.05) is 30.3 Å². The summed E-state index contributed by atoms with van der Waals surface area (Å²) in [5.74, 6) is -0.227. The van der Waals surface area contributed by atoms with Crippen molar-refractivity contribution in [2.45, 2.75) is 19.0 Å². The second-order valence-corrected chi connectivity index (χ2v) is 7.68. The second-order valence-electron chi connectivity index (χ2n) is 6.68. The summed E-state index contributed by atoms with van der Waals surface area (Å²) in [7, 11) is 0. The minimum atomic E-state index is -0.227. The summed E-state index contributed by atoms with van der Waals surface area (Å²) in [6.45, 7) is 2.35. The Labute approximate surface area is 162 Å². The third kappa shape index (κ3) is 4.02. The first-order valence-electron chi connectivity index (χ1n) is 9.02. The largest absolute Gasteiger partial charge is 0.619 e. The van der Waals surface area contributed by atoms with Gasteiger partial charge < -0.3 is 10.5 Å². The molecule has 138 valence electrons. The summed E-state index contributed by atoms with van der Waals surface area (Å²) in [6.07, 6.45) is 3.71. The quantitative estimate of drug-likeness (QED) is 0.548. The molecule has 6 heteroatoms. The van der Waals surface area contributed by atoms with Gasteiger partial charge in [0.1, 0.15) is 5.56 Å².